The molecule has 1 heterocycles. The molecular weight excluding hydrogens is 350 g/mol. The summed E-state index contributed by atoms with van der Waals surface area (Å²) in [5, 5.41) is 33.6. The van der Waals surface area contributed by atoms with Gasteiger partial charge in [0, 0.05) is 11.1 Å². The second-order valence-electron chi connectivity index (χ2n) is 8.71. The van der Waals surface area contributed by atoms with Crippen LogP contribution in [0.5, 0.6) is 5.75 Å². The minimum absolute atomic E-state index is 0.0613. The number of aliphatic hydroxyl groups is 1. The molecule has 5 heteroatoms. The van der Waals surface area contributed by atoms with E-state index in [1.54, 1.807) is 0 Å². The molecule has 5 rings (SSSR count). The van der Waals surface area contributed by atoms with Crippen LogP contribution in [0, 0.1) is 0 Å². The molecule has 148 valence electrons. The molecule has 0 amide bonds. The van der Waals surface area contributed by atoms with Gasteiger partial charge in [-0.3, -0.25) is 0 Å². The van der Waals surface area contributed by atoms with Crippen LogP contribution in [0.2, 0.25) is 0 Å². The van der Waals surface area contributed by atoms with E-state index in [2.05, 4.69) is 21.6 Å². The summed E-state index contributed by atoms with van der Waals surface area (Å²) in [6.45, 7) is 0. The lowest BCUT2D eigenvalue weighted by Gasteiger charge is -2.30. The molecule has 2 saturated carbocycles. The number of phenols is 1. The average Bonchev–Trinajstić information content (AvgIpc) is 3.56. The number of nitrogens with zero attached hydrogens (tertiary/aromatic N) is 2. The van der Waals surface area contributed by atoms with Crippen LogP contribution in [-0.2, 0) is 12.8 Å². The number of anilines is 1. The lowest BCUT2D eigenvalue weighted by atomic mass is 9.88. The van der Waals surface area contributed by atoms with Crippen LogP contribution in [0.3, 0.4) is 0 Å². The number of nitrogens with one attached hydrogen (secondary N) is 1. The van der Waals surface area contributed by atoms with E-state index in [-0.39, 0.29) is 12.1 Å². The number of aliphatic hydroxyl groups excluding tert-OH is 1. The number of phenolic OH excluding ortho intramolecular Hbond substituents is 1. The average molecular weight is 380 g/mol. The molecule has 5 nitrogen and oxygen atoms in total. The van der Waals surface area contributed by atoms with Crippen molar-refractivity contribution in [2.24, 2.45) is 0 Å². The molecule has 1 aromatic heterocycles. The van der Waals surface area contributed by atoms with E-state index >= 15 is 0 Å². The minimum Gasteiger partial charge on any atom is -0.507 e. The van der Waals surface area contributed by atoms with Crippen LogP contribution < -0.4 is 5.32 Å². The molecule has 2 aromatic rings. The predicted molar refractivity (Wildman–Crippen MR) is 110 cm³/mol. The van der Waals surface area contributed by atoms with Gasteiger partial charge in [-0.2, -0.15) is 0 Å². The van der Waals surface area contributed by atoms with E-state index in [0.29, 0.717) is 11.7 Å². The summed E-state index contributed by atoms with van der Waals surface area (Å²) in [5.74, 6) is 1.77. The lowest BCUT2D eigenvalue weighted by Crippen LogP contribution is -2.37. The summed E-state index contributed by atoms with van der Waals surface area (Å²) in [5.41, 5.74) is 5.28. The molecule has 0 radical (unpaired) electrons. The smallest absolute Gasteiger partial charge is 0.152 e. The van der Waals surface area contributed by atoms with Gasteiger partial charge in [0.25, 0.3) is 0 Å². The topological polar surface area (TPSA) is 78.3 Å². The monoisotopic (exact) mass is 379 g/mol. The van der Waals surface area contributed by atoms with E-state index in [1.165, 1.54) is 29.5 Å². The Hall–Kier alpha value is -2.14. The number of rotatable bonds is 4. The second kappa shape index (κ2) is 7.36. The number of benzene rings is 1. The maximum absolute atomic E-state index is 10.7. The zero-order chi connectivity index (χ0) is 19.1. The third-order valence-corrected chi connectivity index (χ3v) is 6.67. The first-order valence-electron chi connectivity index (χ1n) is 10.9. The van der Waals surface area contributed by atoms with Crippen molar-refractivity contribution in [3.8, 4) is 17.0 Å². The number of aromatic hydroxyl groups is 1. The predicted octanol–water partition coefficient (Wildman–Crippen LogP) is 4.32. The fraction of sp³-hybridized carbons (Fsp3) is 0.565. The molecule has 28 heavy (non-hydrogen) atoms. The maximum atomic E-state index is 10.7. The summed E-state index contributed by atoms with van der Waals surface area (Å²) in [6.07, 6.45) is 10.4. The Morgan fingerprint density at radius 1 is 0.893 bits per heavy atom. The molecule has 0 saturated heterocycles. The normalized spacial score (nSPS) is 24.6. The fourth-order valence-corrected chi connectivity index (χ4v) is 4.86. The third-order valence-electron chi connectivity index (χ3n) is 6.67. The fourth-order valence-electron chi connectivity index (χ4n) is 4.86. The van der Waals surface area contributed by atoms with Crippen LogP contribution in [0.4, 0.5) is 5.82 Å². The number of hydrogen-bond donors (Lipinski definition) is 3. The van der Waals surface area contributed by atoms with Gasteiger partial charge in [0.15, 0.2) is 5.82 Å². The van der Waals surface area contributed by atoms with Gasteiger partial charge in [-0.1, -0.05) is 18.9 Å². The zero-order valence-corrected chi connectivity index (χ0v) is 16.3. The number of aromatic nitrogens is 2. The summed E-state index contributed by atoms with van der Waals surface area (Å²) in [6, 6.07) is 6.12. The van der Waals surface area contributed by atoms with Crippen molar-refractivity contribution in [3.63, 3.8) is 0 Å². The molecular formula is C23H29N3O2. The molecule has 2 atom stereocenters. The molecule has 3 aliphatic carbocycles. The van der Waals surface area contributed by atoms with Gasteiger partial charge in [-0.15, -0.1) is 10.2 Å². The van der Waals surface area contributed by atoms with Crippen molar-refractivity contribution in [2.75, 3.05) is 5.32 Å². The standard InChI is InChI=1S/C23H29N3O2/c27-20-8-4-3-7-19(20)24-23-17-6-2-1-5-16(17)22(25-26-23)18-12-11-15(13-21(18)28)14-9-10-14/h11-14,19-20,27-28H,1-10H2,(H,24,26)/t19-,20-/m1/s1. The largest absolute Gasteiger partial charge is 0.507 e. The van der Waals surface area contributed by atoms with Crippen molar-refractivity contribution >= 4 is 5.82 Å². The first kappa shape index (κ1) is 17.9. The van der Waals surface area contributed by atoms with E-state index in [4.69, 9.17) is 0 Å². The van der Waals surface area contributed by atoms with Crippen molar-refractivity contribution in [2.45, 2.75) is 82.3 Å². The second-order valence-corrected chi connectivity index (χ2v) is 8.71. The first-order chi connectivity index (χ1) is 13.7. The van der Waals surface area contributed by atoms with E-state index in [0.717, 1.165) is 68.4 Å². The minimum atomic E-state index is -0.312. The first-order valence-corrected chi connectivity index (χ1v) is 10.9. The molecule has 0 spiro atoms. The van der Waals surface area contributed by atoms with Crippen LogP contribution in [0.1, 0.15) is 74.0 Å². The van der Waals surface area contributed by atoms with E-state index < -0.39 is 0 Å². The number of fused-ring (bicyclic) bond motifs is 1. The highest BCUT2D eigenvalue weighted by molar-refractivity contribution is 5.73. The van der Waals surface area contributed by atoms with Gasteiger partial charge in [-0.05, 0) is 80.5 Å². The Balaban J connectivity index is 1.50. The van der Waals surface area contributed by atoms with Gasteiger partial charge in [-0.25, -0.2) is 0 Å². The molecule has 0 aliphatic heterocycles. The lowest BCUT2D eigenvalue weighted by molar-refractivity contribution is 0.116. The SMILES string of the molecule is Oc1cc(C2CC2)ccc1-c1nnc(N[C@@H]2CCCC[C@H]2O)c2c1CCCC2. The summed E-state index contributed by atoms with van der Waals surface area (Å²) in [7, 11) is 0. The third kappa shape index (κ3) is 3.37. The number of hydrogen-bond acceptors (Lipinski definition) is 5. The quantitative estimate of drug-likeness (QED) is 0.737. The maximum Gasteiger partial charge on any atom is 0.152 e. The van der Waals surface area contributed by atoms with Crippen LogP contribution in [0.15, 0.2) is 18.2 Å². The van der Waals surface area contributed by atoms with Crippen molar-refractivity contribution in [1.29, 1.82) is 0 Å². The Labute approximate surface area is 166 Å². The highest BCUT2D eigenvalue weighted by atomic mass is 16.3. The van der Waals surface area contributed by atoms with Crippen LogP contribution in [0.25, 0.3) is 11.3 Å². The van der Waals surface area contributed by atoms with Crippen LogP contribution in [-0.4, -0.2) is 32.6 Å². The van der Waals surface area contributed by atoms with Crippen molar-refractivity contribution < 1.29 is 10.2 Å². The van der Waals surface area contributed by atoms with Gasteiger partial charge in [0.05, 0.1) is 12.1 Å². The Morgan fingerprint density at radius 3 is 2.43 bits per heavy atom. The molecule has 0 bridgehead atoms. The Bertz CT molecular complexity index is 878. The summed E-state index contributed by atoms with van der Waals surface area (Å²) in [4.78, 5) is 0. The van der Waals surface area contributed by atoms with Crippen molar-refractivity contribution in [1.82, 2.24) is 10.2 Å². The van der Waals surface area contributed by atoms with E-state index in [9.17, 15) is 10.2 Å². The van der Waals surface area contributed by atoms with Gasteiger partial charge in [0.1, 0.15) is 11.4 Å². The Kier molecular flexibility index (Phi) is 4.71. The molecule has 1 aromatic carbocycles. The molecule has 2 fully saturated rings. The zero-order valence-electron chi connectivity index (χ0n) is 16.3. The Morgan fingerprint density at radius 2 is 1.68 bits per heavy atom. The highest BCUT2D eigenvalue weighted by Crippen LogP contribution is 2.44. The molecule has 3 aliphatic rings. The van der Waals surface area contributed by atoms with Crippen LogP contribution >= 0.6 is 0 Å². The highest BCUT2D eigenvalue weighted by Gasteiger charge is 2.28. The van der Waals surface area contributed by atoms with Gasteiger partial charge >= 0.3 is 0 Å². The van der Waals surface area contributed by atoms with Crippen molar-refractivity contribution in [3.05, 3.63) is 34.9 Å². The van der Waals surface area contributed by atoms with Gasteiger partial charge in [0.2, 0.25) is 0 Å². The molecule has 3 N–H and O–H groups in total. The summed E-state index contributed by atoms with van der Waals surface area (Å²) < 4.78 is 0. The molecule has 0 unspecified atom stereocenters. The van der Waals surface area contributed by atoms with Gasteiger partial charge < -0.3 is 15.5 Å². The van der Waals surface area contributed by atoms with E-state index in [1.807, 2.05) is 12.1 Å². The summed E-state index contributed by atoms with van der Waals surface area (Å²) >= 11 is 0.